The monoisotopic (exact) mass is 181 g/mol. The van der Waals surface area contributed by atoms with Gasteiger partial charge in [-0.3, -0.25) is 4.79 Å². The molecule has 1 aliphatic carbocycles. The Labute approximate surface area is 80.2 Å². The van der Waals surface area contributed by atoms with Crippen LogP contribution in [0.1, 0.15) is 33.6 Å². The van der Waals surface area contributed by atoms with E-state index in [2.05, 4.69) is 32.9 Å². The third-order valence-corrected chi connectivity index (χ3v) is 3.14. The molecule has 74 valence electrons. The van der Waals surface area contributed by atoms with E-state index in [1.807, 2.05) is 0 Å². The lowest BCUT2D eigenvalue weighted by Gasteiger charge is -2.39. The molecule has 2 unspecified atom stereocenters. The minimum Gasteiger partial charge on any atom is -0.370 e. The average molecular weight is 181 g/mol. The van der Waals surface area contributed by atoms with E-state index in [9.17, 15) is 4.79 Å². The van der Waals surface area contributed by atoms with Gasteiger partial charge in [0.1, 0.15) is 0 Å². The van der Waals surface area contributed by atoms with E-state index in [1.165, 1.54) is 0 Å². The first-order valence-corrected chi connectivity index (χ1v) is 4.88. The zero-order valence-corrected chi connectivity index (χ0v) is 8.71. The number of carbonyl (C=O) groups is 1. The van der Waals surface area contributed by atoms with Crippen LogP contribution in [-0.4, -0.2) is 5.91 Å². The highest BCUT2D eigenvalue weighted by Gasteiger charge is 2.35. The van der Waals surface area contributed by atoms with E-state index in [4.69, 9.17) is 5.73 Å². The third kappa shape index (κ3) is 2.33. The van der Waals surface area contributed by atoms with Crippen LogP contribution in [0.5, 0.6) is 0 Å². The van der Waals surface area contributed by atoms with Gasteiger partial charge in [0.05, 0.1) is 0 Å². The second-order valence-electron chi connectivity index (χ2n) is 4.76. The number of hydrogen-bond donors (Lipinski definition) is 1. The standard InChI is InChI=1S/C11H19NO/c1-8-5-4-6-11(2,3)9(8)7-10(12)13/h4-5,8-9H,6-7H2,1-3H3,(H2,12,13). The molecule has 13 heavy (non-hydrogen) atoms. The Balaban J connectivity index is 2.77. The van der Waals surface area contributed by atoms with Crippen LogP contribution in [0.25, 0.3) is 0 Å². The summed E-state index contributed by atoms with van der Waals surface area (Å²) in [4.78, 5) is 10.9. The molecule has 1 rings (SSSR count). The molecule has 0 spiro atoms. The Morgan fingerprint density at radius 1 is 1.62 bits per heavy atom. The molecule has 0 saturated carbocycles. The largest absolute Gasteiger partial charge is 0.370 e. The molecule has 0 aliphatic heterocycles. The Morgan fingerprint density at radius 2 is 2.23 bits per heavy atom. The number of rotatable bonds is 2. The molecule has 2 nitrogen and oxygen atoms in total. The first-order chi connectivity index (χ1) is 5.93. The molecule has 0 bridgehead atoms. The third-order valence-electron chi connectivity index (χ3n) is 3.14. The summed E-state index contributed by atoms with van der Waals surface area (Å²) < 4.78 is 0. The van der Waals surface area contributed by atoms with Crippen molar-refractivity contribution in [3.63, 3.8) is 0 Å². The van der Waals surface area contributed by atoms with Crippen LogP contribution in [0.3, 0.4) is 0 Å². The van der Waals surface area contributed by atoms with Gasteiger partial charge in [-0.05, 0) is 23.7 Å². The molecule has 2 N–H and O–H groups in total. The Kier molecular flexibility index (Phi) is 2.79. The number of amides is 1. The molecular formula is C11H19NO. The average Bonchev–Trinajstić information content (AvgIpc) is 1.96. The maximum Gasteiger partial charge on any atom is 0.217 e. The molecule has 0 fully saturated rings. The fraction of sp³-hybridized carbons (Fsp3) is 0.727. The van der Waals surface area contributed by atoms with Gasteiger partial charge in [-0.15, -0.1) is 0 Å². The highest BCUT2D eigenvalue weighted by atomic mass is 16.1. The lowest BCUT2D eigenvalue weighted by atomic mass is 9.66. The zero-order chi connectivity index (χ0) is 10.1. The van der Waals surface area contributed by atoms with Crippen LogP contribution in [-0.2, 0) is 4.79 Å². The SMILES string of the molecule is CC1C=CCC(C)(C)C1CC(N)=O. The van der Waals surface area contributed by atoms with Crippen molar-refractivity contribution < 1.29 is 4.79 Å². The summed E-state index contributed by atoms with van der Waals surface area (Å²) in [6, 6.07) is 0. The van der Waals surface area contributed by atoms with Crippen molar-refractivity contribution in [1.82, 2.24) is 0 Å². The number of primary amides is 1. The fourth-order valence-electron chi connectivity index (χ4n) is 2.26. The highest BCUT2D eigenvalue weighted by Crippen LogP contribution is 2.42. The molecule has 2 atom stereocenters. The number of carbonyl (C=O) groups excluding carboxylic acids is 1. The van der Waals surface area contributed by atoms with E-state index < -0.39 is 0 Å². The first kappa shape index (κ1) is 10.3. The summed E-state index contributed by atoms with van der Waals surface area (Å²) in [5.74, 6) is 0.687. The fourth-order valence-corrected chi connectivity index (χ4v) is 2.26. The number of allylic oxidation sites excluding steroid dienone is 2. The maximum absolute atomic E-state index is 10.9. The van der Waals surface area contributed by atoms with Gasteiger partial charge in [0.25, 0.3) is 0 Å². The molecule has 0 aromatic rings. The Hall–Kier alpha value is -0.790. The van der Waals surface area contributed by atoms with Crippen molar-refractivity contribution in [2.45, 2.75) is 33.6 Å². The van der Waals surface area contributed by atoms with Crippen LogP contribution in [0, 0.1) is 17.3 Å². The van der Waals surface area contributed by atoms with Gasteiger partial charge < -0.3 is 5.73 Å². The molecule has 0 aromatic carbocycles. The number of nitrogens with two attached hydrogens (primary N) is 1. The molecule has 1 amide bonds. The minimum atomic E-state index is -0.180. The predicted octanol–water partition coefficient (Wildman–Crippen LogP) is 2.10. The van der Waals surface area contributed by atoms with Gasteiger partial charge in [0.2, 0.25) is 5.91 Å². The molecule has 0 saturated heterocycles. The van der Waals surface area contributed by atoms with Crippen LogP contribution in [0.2, 0.25) is 0 Å². The summed E-state index contributed by atoms with van der Waals surface area (Å²) in [6.07, 6.45) is 5.97. The zero-order valence-electron chi connectivity index (χ0n) is 8.71. The van der Waals surface area contributed by atoms with E-state index >= 15 is 0 Å². The molecule has 0 radical (unpaired) electrons. The van der Waals surface area contributed by atoms with E-state index in [0.29, 0.717) is 18.3 Å². The lowest BCUT2D eigenvalue weighted by Crippen LogP contribution is -2.34. The van der Waals surface area contributed by atoms with Gasteiger partial charge in [-0.25, -0.2) is 0 Å². The van der Waals surface area contributed by atoms with Gasteiger partial charge in [-0.2, -0.15) is 0 Å². The summed E-state index contributed by atoms with van der Waals surface area (Å²) in [5.41, 5.74) is 5.46. The van der Waals surface area contributed by atoms with E-state index in [-0.39, 0.29) is 11.3 Å². The molecule has 2 heteroatoms. The van der Waals surface area contributed by atoms with Gasteiger partial charge in [-0.1, -0.05) is 32.9 Å². The second kappa shape index (κ2) is 3.52. The van der Waals surface area contributed by atoms with Crippen molar-refractivity contribution in [1.29, 1.82) is 0 Å². The highest BCUT2D eigenvalue weighted by molar-refractivity contribution is 5.74. The lowest BCUT2D eigenvalue weighted by molar-refractivity contribution is -0.120. The topological polar surface area (TPSA) is 43.1 Å². The minimum absolute atomic E-state index is 0.180. The van der Waals surface area contributed by atoms with Gasteiger partial charge >= 0.3 is 0 Å². The molecule has 0 aromatic heterocycles. The van der Waals surface area contributed by atoms with E-state index in [1.54, 1.807) is 0 Å². The van der Waals surface area contributed by atoms with Crippen molar-refractivity contribution in [3.05, 3.63) is 12.2 Å². The smallest absolute Gasteiger partial charge is 0.217 e. The summed E-state index contributed by atoms with van der Waals surface area (Å²) in [7, 11) is 0. The van der Waals surface area contributed by atoms with Crippen LogP contribution >= 0.6 is 0 Å². The van der Waals surface area contributed by atoms with Crippen LogP contribution < -0.4 is 5.73 Å². The summed E-state index contributed by atoms with van der Waals surface area (Å²) in [5, 5.41) is 0. The second-order valence-corrected chi connectivity index (χ2v) is 4.76. The number of hydrogen-bond acceptors (Lipinski definition) is 1. The van der Waals surface area contributed by atoms with Gasteiger partial charge in [0.15, 0.2) is 0 Å². The quantitative estimate of drug-likeness (QED) is 0.651. The van der Waals surface area contributed by atoms with Crippen molar-refractivity contribution in [2.75, 3.05) is 0 Å². The summed E-state index contributed by atoms with van der Waals surface area (Å²) in [6.45, 7) is 6.58. The normalized spacial score (nSPS) is 31.6. The molecule has 1 aliphatic rings. The van der Waals surface area contributed by atoms with Gasteiger partial charge in [0, 0.05) is 6.42 Å². The summed E-state index contributed by atoms with van der Waals surface area (Å²) >= 11 is 0. The van der Waals surface area contributed by atoms with Crippen molar-refractivity contribution in [3.8, 4) is 0 Å². The predicted molar refractivity (Wildman–Crippen MR) is 54.0 cm³/mol. The van der Waals surface area contributed by atoms with Crippen LogP contribution in [0.15, 0.2) is 12.2 Å². The first-order valence-electron chi connectivity index (χ1n) is 4.88. The molecular weight excluding hydrogens is 162 g/mol. The molecule has 0 heterocycles. The van der Waals surface area contributed by atoms with E-state index in [0.717, 1.165) is 6.42 Å². The Bertz CT molecular complexity index is 230. The Morgan fingerprint density at radius 3 is 2.69 bits per heavy atom. The van der Waals surface area contributed by atoms with Crippen molar-refractivity contribution in [2.24, 2.45) is 23.0 Å². The maximum atomic E-state index is 10.9. The van der Waals surface area contributed by atoms with Crippen LogP contribution in [0.4, 0.5) is 0 Å². The van der Waals surface area contributed by atoms with Crippen molar-refractivity contribution >= 4 is 5.91 Å².